The number of nitrogens with zero attached hydrogens (tertiary/aromatic N) is 2. The molecular weight excluding hydrogens is 326 g/mol. The van der Waals surface area contributed by atoms with E-state index < -0.39 is 0 Å². The molecule has 2 heterocycles. The molecule has 1 aromatic heterocycles. The summed E-state index contributed by atoms with van der Waals surface area (Å²) in [6.07, 6.45) is 0. The Morgan fingerprint density at radius 2 is 2.21 bits per heavy atom. The molecule has 0 amide bonds. The lowest BCUT2D eigenvalue weighted by Gasteiger charge is -2.17. The second-order valence-electron chi connectivity index (χ2n) is 5.35. The first-order valence-electron chi connectivity index (χ1n) is 7.49. The van der Waals surface area contributed by atoms with Gasteiger partial charge in [0, 0.05) is 24.6 Å². The maximum absolute atomic E-state index is 10.2. The first-order chi connectivity index (χ1) is 11.6. The molecule has 3 rings (SSSR count). The van der Waals surface area contributed by atoms with E-state index in [2.05, 4.69) is 4.98 Å². The molecule has 6 nitrogen and oxygen atoms in total. The monoisotopic (exact) mass is 345 g/mol. The third-order valence-corrected chi connectivity index (χ3v) is 4.69. The molecule has 0 saturated carbocycles. The Labute approximate surface area is 144 Å². The number of rotatable bonds is 6. The average Bonchev–Trinajstić information content (AvgIpc) is 3.17. The van der Waals surface area contributed by atoms with E-state index in [1.807, 2.05) is 29.6 Å². The minimum Gasteiger partial charge on any atom is -0.510 e. The fourth-order valence-corrected chi connectivity index (χ4v) is 3.45. The van der Waals surface area contributed by atoms with Gasteiger partial charge in [0.25, 0.3) is 0 Å². The van der Waals surface area contributed by atoms with Crippen LogP contribution in [-0.4, -0.2) is 54.7 Å². The zero-order valence-electron chi connectivity index (χ0n) is 13.6. The lowest BCUT2D eigenvalue weighted by Crippen LogP contribution is -2.29. The number of thiazole rings is 1. The maximum atomic E-state index is 10.2. The number of benzene rings is 1. The maximum Gasteiger partial charge on any atom is 0.135 e. The van der Waals surface area contributed by atoms with Crippen molar-refractivity contribution in [2.45, 2.75) is 0 Å². The predicted molar refractivity (Wildman–Crippen MR) is 94.8 cm³/mol. The number of ether oxygens (including phenoxy) is 2. The molecule has 0 saturated heterocycles. The van der Waals surface area contributed by atoms with E-state index in [0.717, 1.165) is 17.0 Å². The van der Waals surface area contributed by atoms with Crippen molar-refractivity contribution in [1.82, 2.24) is 9.88 Å². The van der Waals surface area contributed by atoms with Gasteiger partial charge < -0.3 is 19.5 Å². The molecule has 126 valence electrons. The zero-order chi connectivity index (χ0) is 17.1. The summed E-state index contributed by atoms with van der Waals surface area (Å²) in [5.74, 6) is 1.24. The van der Waals surface area contributed by atoms with E-state index >= 15 is 0 Å². The second kappa shape index (κ2) is 7.02. The molecule has 2 aromatic rings. The van der Waals surface area contributed by atoms with Crippen LogP contribution >= 0.6 is 11.3 Å². The van der Waals surface area contributed by atoms with Crippen LogP contribution in [0, 0.1) is 5.41 Å². The Bertz CT molecular complexity index is 785. The highest BCUT2D eigenvalue weighted by Gasteiger charge is 2.29. The molecule has 24 heavy (non-hydrogen) atoms. The van der Waals surface area contributed by atoms with E-state index in [4.69, 9.17) is 14.9 Å². The van der Waals surface area contributed by atoms with Crippen molar-refractivity contribution in [3.8, 4) is 17.0 Å². The smallest absolute Gasteiger partial charge is 0.135 e. The highest BCUT2D eigenvalue weighted by atomic mass is 32.1. The van der Waals surface area contributed by atoms with Gasteiger partial charge in [-0.1, -0.05) is 12.1 Å². The topological polar surface area (TPSA) is 78.7 Å². The summed E-state index contributed by atoms with van der Waals surface area (Å²) in [5, 5.41) is 21.1. The molecule has 0 aliphatic carbocycles. The fourth-order valence-electron chi connectivity index (χ4n) is 2.55. The zero-order valence-corrected chi connectivity index (χ0v) is 14.4. The Morgan fingerprint density at radius 1 is 1.38 bits per heavy atom. The number of methoxy groups -OCH3 is 2. The molecular formula is C17H19N3O3S. The molecule has 2 N–H and O–H groups in total. The molecule has 7 heteroatoms. The number of nitrogens with one attached hydrogen (secondary N) is 1. The Balaban J connectivity index is 1.85. The van der Waals surface area contributed by atoms with Crippen molar-refractivity contribution < 1.29 is 14.6 Å². The third kappa shape index (κ3) is 3.13. The number of hydrogen-bond donors (Lipinski definition) is 2. The van der Waals surface area contributed by atoms with Gasteiger partial charge in [-0.3, -0.25) is 5.41 Å². The van der Waals surface area contributed by atoms with Crippen molar-refractivity contribution in [3.63, 3.8) is 0 Å². The Kier molecular flexibility index (Phi) is 4.82. The van der Waals surface area contributed by atoms with Crippen molar-refractivity contribution in [2.75, 3.05) is 33.9 Å². The van der Waals surface area contributed by atoms with Crippen molar-refractivity contribution in [2.24, 2.45) is 0 Å². The second-order valence-corrected chi connectivity index (χ2v) is 6.21. The van der Waals surface area contributed by atoms with Crippen LogP contribution in [0.15, 0.2) is 35.4 Å². The fraction of sp³-hybridized carbons (Fsp3) is 0.294. The molecule has 1 aromatic carbocycles. The molecule has 0 unspecified atom stereocenters. The lowest BCUT2D eigenvalue weighted by molar-refractivity contribution is 0.177. The van der Waals surface area contributed by atoms with Crippen LogP contribution in [0.25, 0.3) is 16.8 Å². The number of aliphatic hydroxyl groups is 1. The first kappa shape index (κ1) is 16.5. The van der Waals surface area contributed by atoms with Gasteiger partial charge in [0.05, 0.1) is 31.5 Å². The van der Waals surface area contributed by atoms with Crippen molar-refractivity contribution >= 4 is 22.7 Å². The number of aromatic nitrogens is 1. The van der Waals surface area contributed by atoms with Gasteiger partial charge in [-0.15, -0.1) is 11.3 Å². The van der Waals surface area contributed by atoms with Crippen LogP contribution in [0.1, 0.15) is 5.01 Å². The molecule has 1 aliphatic rings. The van der Waals surface area contributed by atoms with Gasteiger partial charge >= 0.3 is 0 Å². The van der Waals surface area contributed by atoms with Gasteiger partial charge in [-0.25, -0.2) is 4.98 Å². The van der Waals surface area contributed by atoms with Gasteiger partial charge in [-0.2, -0.15) is 0 Å². The van der Waals surface area contributed by atoms with Gasteiger partial charge in [0.15, 0.2) is 0 Å². The molecule has 0 atom stereocenters. The van der Waals surface area contributed by atoms with E-state index in [0.29, 0.717) is 30.3 Å². The van der Waals surface area contributed by atoms with Crippen LogP contribution in [0.2, 0.25) is 0 Å². The van der Waals surface area contributed by atoms with Crippen molar-refractivity contribution in [1.29, 1.82) is 5.41 Å². The highest BCUT2D eigenvalue weighted by Crippen LogP contribution is 2.32. The minimum atomic E-state index is 0.183. The summed E-state index contributed by atoms with van der Waals surface area (Å²) in [7, 11) is 3.25. The number of hydrogen-bond acceptors (Lipinski definition) is 6. The van der Waals surface area contributed by atoms with Gasteiger partial charge in [-0.05, 0) is 12.1 Å². The van der Waals surface area contributed by atoms with E-state index in [9.17, 15) is 5.11 Å². The van der Waals surface area contributed by atoms with Crippen LogP contribution in [-0.2, 0) is 4.74 Å². The van der Waals surface area contributed by atoms with Crippen LogP contribution in [0.4, 0.5) is 0 Å². The van der Waals surface area contributed by atoms with E-state index in [1.54, 1.807) is 19.1 Å². The Hall–Kier alpha value is -2.38. The normalized spacial score (nSPS) is 14.6. The van der Waals surface area contributed by atoms with Gasteiger partial charge in [0.1, 0.15) is 22.4 Å². The molecule has 0 fully saturated rings. The summed E-state index contributed by atoms with van der Waals surface area (Å²) in [4.78, 5) is 6.38. The first-order valence-corrected chi connectivity index (χ1v) is 8.37. The van der Waals surface area contributed by atoms with E-state index in [1.165, 1.54) is 11.3 Å². The van der Waals surface area contributed by atoms with Crippen LogP contribution in [0.3, 0.4) is 0 Å². The Morgan fingerprint density at radius 3 is 2.96 bits per heavy atom. The molecule has 0 bridgehead atoms. The molecule has 1 aliphatic heterocycles. The minimum absolute atomic E-state index is 0.183. The average molecular weight is 345 g/mol. The molecule has 0 spiro atoms. The molecule has 0 radical (unpaired) electrons. The summed E-state index contributed by atoms with van der Waals surface area (Å²) in [6, 6.07) is 7.66. The third-order valence-electron chi connectivity index (χ3n) is 3.83. The highest BCUT2D eigenvalue weighted by molar-refractivity contribution is 7.11. The van der Waals surface area contributed by atoms with Crippen LogP contribution < -0.4 is 4.74 Å². The van der Waals surface area contributed by atoms with Crippen LogP contribution in [0.5, 0.6) is 5.75 Å². The summed E-state index contributed by atoms with van der Waals surface area (Å²) >= 11 is 1.42. The lowest BCUT2D eigenvalue weighted by atomic mass is 10.1. The predicted octanol–water partition coefficient (Wildman–Crippen LogP) is 3.03. The summed E-state index contributed by atoms with van der Waals surface area (Å²) in [6.45, 7) is 1.40. The van der Waals surface area contributed by atoms with Crippen molar-refractivity contribution in [3.05, 3.63) is 40.4 Å². The standard InChI is InChI=1S/C17H19N3O3S/c1-22-7-6-20-9-14(21)15(16(20)18)17-19-13(10-24-17)11-4-3-5-12(8-11)23-2/h3-5,8,10,18,21H,6-7,9H2,1-2H3. The number of amidine groups is 1. The van der Waals surface area contributed by atoms with Gasteiger partial charge in [0.2, 0.25) is 0 Å². The summed E-state index contributed by atoms with van der Waals surface area (Å²) in [5.41, 5.74) is 2.25. The largest absolute Gasteiger partial charge is 0.510 e. The number of aliphatic hydroxyl groups excluding tert-OH is 1. The summed E-state index contributed by atoms with van der Waals surface area (Å²) < 4.78 is 10.3. The quantitative estimate of drug-likeness (QED) is 0.841. The van der Waals surface area contributed by atoms with E-state index in [-0.39, 0.29) is 11.6 Å². The SMILES string of the molecule is COCCN1CC(O)=C(c2nc(-c3cccc(OC)c3)cs2)C1=N.